The Morgan fingerprint density at radius 2 is 2.00 bits per heavy atom. The molecule has 1 aromatic rings. The number of benzene rings is 1. The number of hydrogen-bond donors (Lipinski definition) is 1. The SMILES string of the molecule is O=S(=O)(CCCCCl)Nc1ccc2c(c1)OCO2. The van der Waals surface area contributed by atoms with Crippen molar-refractivity contribution in [3.8, 4) is 11.5 Å². The fourth-order valence-electron chi connectivity index (χ4n) is 1.58. The largest absolute Gasteiger partial charge is 0.454 e. The Bertz CT molecular complexity index is 518. The monoisotopic (exact) mass is 291 g/mol. The first-order valence-electron chi connectivity index (χ1n) is 5.57. The summed E-state index contributed by atoms with van der Waals surface area (Å²) in [4.78, 5) is 0. The summed E-state index contributed by atoms with van der Waals surface area (Å²) in [6.45, 7) is 0.168. The molecule has 100 valence electrons. The third-order valence-electron chi connectivity index (χ3n) is 2.44. The van der Waals surface area contributed by atoms with E-state index in [4.69, 9.17) is 21.1 Å². The average molecular weight is 292 g/mol. The lowest BCUT2D eigenvalue weighted by Crippen LogP contribution is -2.16. The van der Waals surface area contributed by atoms with Gasteiger partial charge >= 0.3 is 0 Å². The summed E-state index contributed by atoms with van der Waals surface area (Å²) in [7, 11) is -3.33. The Morgan fingerprint density at radius 3 is 2.78 bits per heavy atom. The lowest BCUT2D eigenvalue weighted by atomic mass is 10.3. The second-order valence-electron chi connectivity index (χ2n) is 3.89. The molecular weight excluding hydrogens is 278 g/mol. The zero-order valence-electron chi connectivity index (χ0n) is 9.69. The number of fused-ring (bicyclic) bond motifs is 1. The topological polar surface area (TPSA) is 64.6 Å². The fraction of sp³-hybridized carbons (Fsp3) is 0.455. The second-order valence-corrected chi connectivity index (χ2v) is 6.10. The maximum absolute atomic E-state index is 11.7. The summed E-state index contributed by atoms with van der Waals surface area (Å²) < 4.78 is 36.3. The molecule has 0 amide bonds. The summed E-state index contributed by atoms with van der Waals surface area (Å²) in [5, 5.41) is 0. The van der Waals surface area contributed by atoms with E-state index in [2.05, 4.69) is 4.72 Å². The lowest BCUT2D eigenvalue weighted by Gasteiger charge is -2.08. The van der Waals surface area contributed by atoms with Crippen molar-refractivity contribution in [3.05, 3.63) is 18.2 Å². The van der Waals surface area contributed by atoms with Crippen molar-refractivity contribution in [1.82, 2.24) is 0 Å². The molecule has 0 saturated carbocycles. The lowest BCUT2D eigenvalue weighted by molar-refractivity contribution is 0.174. The smallest absolute Gasteiger partial charge is 0.232 e. The Balaban J connectivity index is 2.00. The molecule has 0 spiro atoms. The van der Waals surface area contributed by atoms with Crippen LogP contribution in [-0.4, -0.2) is 26.8 Å². The van der Waals surface area contributed by atoms with Crippen molar-refractivity contribution in [2.75, 3.05) is 23.1 Å². The number of hydrogen-bond acceptors (Lipinski definition) is 4. The van der Waals surface area contributed by atoms with Crippen molar-refractivity contribution in [1.29, 1.82) is 0 Å². The zero-order valence-corrected chi connectivity index (χ0v) is 11.3. The molecule has 0 unspecified atom stereocenters. The predicted molar refractivity (Wildman–Crippen MR) is 69.9 cm³/mol. The van der Waals surface area contributed by atoms with Gasteiger partial charge in [-0.3, -0.25) is 4.72 Å². The van der Waals surface area contributed by atoms with Crippen LogP contribution in [0.15, 0.2) is 18.2 Å². The third kappa shape index (κ3) is 3.43. The molecule has 1 aliphatic rings. The van der Waals surface area contributed by atoms with Gasteiger partial charge in [-0.25, -0.2) is 8.42 Å². The Morgan fingerprint density at radius 1 is 1.22 bits per heavy atom. The van der Waals surface area contributed by atoms with Gasteiger partial charge < -0.3 is 9.47 Å². The number of sulfonamides is 1. The first kappa shape index (κ1) is 13.3. The summed E-state index contributed by atoms with van der Waals surface area (Å²) >= 11 is 5.51. The second kappa shape index (κ2) is 5.67. The summed E-state index contributed by atoms with van der Waals surface area (Å²) in [5.41, 5.74) is 0.477. The molecule has 0 radical (unpaired) electrons. The molecular formula is C11H14ClNO4S. The van der Waals surface area contributed by atoms with Gasteiger partial charge in [-0.15, -0.1) is 11.6 Å². The average Bonchev–Trinajstić information content (AvgIpc) is 2.75. The Hall–Kier alpha value is -1.14. The molecule has 0 bridgehead atoms. The molecule has 2 rings (SSSR count). The number of nitrogens with one attached hydrogen (secondary N) is 1. The summed E-state index contributed by atoms with van der Waals surface area (Å²) in [5.74, 6) is 1.71. The van der Waals surface area contributed by atoms with Gasteiger partial charge in [0.2, 0.25) is 16.8 Å². The first-order chi connectivity index (χ1) is 8.61. The molecule has 1 N–H and O–H groups in total. The van der Waals surface area contributed by atoms with E-state index < -0.39 is 10.0 Å². The molecule has 1 heterocycles. The van der Waals surface area contributed by atoms with E-state index in [1.807, 2.05) is 0 Å². The van der Waals surface area contributed by atoms with Crippen LogP contribution in [0.25, 0.3) is 0 Å². The van der Waals surface area contributed by atoms with E-state index in [1.54, 1.807) is 18.2 Å². The maximum atomic E-state index is 11.7. The van der Waals surface area contributed by atoms with E-state index in [0.717, 1.165) is 0 Å². The molecule has 1 aromatic carbocycles. The quantitative estimate of drug-likeness (QED) is 0.644. The van der Waals surface area contributed by atoms with Crippen molar-refractivity contribution < 1.29 is 17.9 Å². The van der Waals surface area contributed by atoms with Gasteiger partial charge in [-0.2, -0.15) is 0 Å². The van der Waals surface area contributed by atoms with Crippen LogP contribution in [0.5, 0.6) is 11.5 Å². The minimum Gasteiger partial charge on any atom is -0.454 e. The van der Waals surface area contributed by atoms with Crippen molar-refractivity contribution in [3.63, 3.8) is 0 Å². The van der Waals surface area contributed by atoms with Crippen LogP contribution >= 0.6 is 11.6 Å². The van der Waals surface area contributed by atoms with Crippen LogP contribution in [0.4, 0.5) is 5.69 Å². The highest BCUT2D eigenvalue weighted by atomic mass is 35.5. The number of ether oxygens (including phenoxy) is 2. The predicted octanol–water partition coefficient (Wildman–Crippen LogP) is 2.18. The number of halogens is 1. The molecule has 0 aromatic heterocycles. The van der Waals surface area contributed by atoms with Crippen molar-refractivity contribution in [2.24, 2.45) is 0 Å². The van der Waals surface area contributed by atoms with Gasteiger partial charge in [0.25, 0.3) is 0 Å². The van der Waals surface area contributed by atoms with E-state index >= 15 is 0 Å². The van der Waals surface area contributed by atoms with Crippen LogP contribution in [0, 0.1) is 0 Å². The van der Waals surface area contributed by atoms with Gasteiger partial charge in [0.05, 0.1) is 11.4 Å². The van der Waals surface area contributed by atoms with Gasteiger partial charge in [0.1, 0.15) is 0 Å². The standard InChI is InChI=1S/C11H14ClNO4S/c12-5-1-2-6-18(14,15)13-9-3-4-10-11(7-9)17-8-16-10/h3-4,7,13H,1-2,5-6,8H2. The highest BCUT2D eigenvalue weighted by Crippen LogP contribution is 2.34. The number of anilines is 1. The molecule has 1 aliphatic heterocycles. The summed E-state index contributed by atoms with van der Waals surface area (Å²) in [6, 6.07) is 4.94. The van der Waals surface area contributed by atoms with Gasteiger partial charge in [0, 0.05) is 11.9 Å². The van der Waals surface area contributed by atoms with Crippen LogP contribution in [-0.2, 0) is 10.0 Å². The minimum atomic E-state index is -3.33. The van der Waals surface area contributed by atoms with E-state index in [-0.39, 0.29) is 12.5 Å². The molecule has 0 aliphatic carbocycles. The fourth-order valence-corrected chi connectivity index (χ4v) is 2.94. The summed E-state index contributed by atoms with van der Waals surface area (Å²) in [6.07, 6.45) is 1.23. The molecule has 0 fully saturated rings. The van der Waals surface area contributed by atoms with Crippen LogP contribution < -0.4 is 14.2 Å². The molecule has 5 nitrogen and oxygen atoms in total. The Kier molecular flexibility index (Phi) is 4.19. The molecule has 18 heavy (non-hydrogen) atoms. The van der Waals surface area contributed by atoms with Gasteiger partial charge in [-0.05, 0) is 25.0 Å². The normalized spacial score (nSPS) is 13.6. The maximum Gasteiger partial charge on any atom is 0.232 e. The zero-order chi connectivity index (χ0) is 13.0. The highest BCUT2D eigenvalue weighted by Gasteiger charge is 2.16. The van der Waals surface area contributed by atoms with E-state index in [0.29, 0.717) is 35.9 Å². The van der Waals surface area contributed by atoms with Crippen molar-refractivity contribution in [2.45, 2.75) is 12.8 Å². The van der Waals surface area contributed by atoms with Crippen molar-refractivity contribution >= 4 is 27.3 Å². The number of alkyl halides is 1. The van der Waals surface area contributed by atoms with Crippen LogP contribution in [0.2, 0.25) is 0 Å². The van der Waals surface area contributed by atoms with Gasteiger partial charge in [-0.1, -0.05) is 0 Å². The molecule has 0 saturated heterocycles. The molecule has 0 atom stereocenters. The first-order valence-corrected chi connectivity index (χ1v) is 7.75. The number of unbranched alkanes of at least 4 members (excludes halogenated alkanes) is 1. The third-order valence-corrected chi connectivity index (χ3v) is 4.08. The molecule has 7 heteroatoms. The van der Waals surface area contributed by atoms with Crippen LogP contribution in [0.1, 0.15) is 12.8 Å². The van der Waals surface area contributed by atoms with E-state index in [1.165, 1.54) is 0 Å². The Labute approximate surface area is 111 Å². The minimum absolute atomic E-state index is 0.0637. The number of rotatable bonds is 6. The van der Waals surface area contributed by atoms with Gasteiger partial charge in [0.15, 0.2) is 11.5 Å². The van der Waals surface area contributed by atoms with Crippen LogP contribution in [0.3, 0.4) is 0 Å². The highest BCUT2D eigenvalue weighted by molar-refractivity contribution is 7.92. The van der Waals surface area contributed by atoms with E-state index in [9.17, 15) is 8.42 Å².